The molecule has 0 unspecified atom stereocenters. The Morgan fingerprint density at radius 3 is 2.57 bits per heavy atom. The first kappa shape index (κ1) is 23.1. The van der Waals surface area contributed by atoms with E-state index < -0.39 is 22.9 Å². The molecular formula is C27H23F3N2O3. The SMILES string of the molecule is O=c1c(-c2ccccc2)c(C(F)(F)F)oc2c(CN3CCCC[C@H]3c3cccnc3)c(O)ccc12. The van der Waals surface area contributed by atoms with Crippen molar-refractivity contribution in [2.45, 2.75) is 38.0 Å². The first-order valence-electron chi connectivity index (χ1n) is 11.4. The molecular weight excluding hydrogens is 457 g/mol. The number of hydrogen-bond acceptors (Lipinski definition) is 5. The molecule has 4 aromatic rings. The fourth-order valence-electron chi connectivity index (χ4n) is 4.86. The van der Waals surface area contributed by atoms with Gasteiger partial charge in [-0.1, -0.05) is 42.8 Å². The first-order valence-corrected chi connectivity index (χ1v) is 11.4. The van der Waals surface area contributed by atoms with Crippen LogP contribution in [0.3, 0.4) is 0 Å². The van der Waals surface area contributed by atoms with Crippen LogP contribution in [-0.4, -0.2) is 21.5 Å². The van der Waals surface area contributed by atoms with Crippen molar-refractivity contribution in [1.82, 2.24) is 9.88 Å². The molecule has 0 aliphatic carbocycles. The number of benzene rings is 2. The van der Waals surface area contributed by atoms with E-state index in [2.05, 4.69) is 9.88 Å². The molecule has 1 aliphatic heterocycles. The van der Waals surface area contributed by atoms with E-state index in [9.17, 15) is 23.1 Å². The zero-order valence-corrected chi connectivity index (χ0v) is 18.8. The molecule has 1 fully saturated rings. The second kappa shape index (κ2) is 9.19. The van der Waals surface area contributed by atoms with Gasteiger partial charge in [0.2, 0.25) is 11.2 Å². The van der Waals surface area contributed by atoms with Crippen molar-refractivity contribution in [2.24, 2.45) is 0 Å². The molecule has 1 saturated heterocycles. The summed E-state index contributed by atoms with van der Waals surface area (Å²) in [7, 11) is 0. The number of pyridine rings is 1. The largest absolute Gasteiger partial charge is 0.507 e. The van der Waals surface area contributed by atoms with Crippen LogP contribution in [0.4, 0.5) is 13.2 Å². The van der Waals surface area contributed by atoms with Crippen molar-refractivity contribution >= 4 is 11.0 Å². The van der Waals surface area contributed by atoms with Gasteiger partial charge in [0, 0.05) is 25.0 Å². The van der Waals surface area contributed by atoms with E-state index in [0.29, 0.717) is 6.54 Å². The van der Waals surface area contributed by atoms with Crippen LogP contribution < -0.4 is 5.43 Å². The maximum atomic E-state index is 14.1. The average molecular weight is 480 g/mol. The molecule has 5 rings (SSSR count). The zero-order valence-electron chi connectivity index (χ0n) is 18.8. The van der Waals surface area contributed by atoms with Gasteiger partial charge in [-0.15, -0.1) is 0 Å². The Balaban J connectivity index is 1.67. The third-order valence-electron chi connectivity index (χ3n) is 6.50. The van der Waals surface area contributed by atoms with E-state index in [0.717, 1.165) is 24.8 Å². The van der Waals surface area contributed by atoms with Crippen molar-refractivity contribution in [3.63, 3.8) is 0 Å². The molecule has 8 heteroatoms. The quantitative estimate of drug-likeness (QED) is 0.371. The van der Waals surface area contributed by atoms with Gasteiger partial charge in [-0.3, -0.25) is 14.7 Å². The molecule has 0 spiro atoms. The third kappa shape index (κ3) is 4.41. The van der Waals surface area contributed by atoms with Gasteiger partial charge in [-0.05, 0) is 48.7 Å². The van der Waals surface area contributed by atoms with E-state index in [-0.39, 0.29) is 40.4 Å². The molecule has 0 radical (unpaired) electrons. The van der Waals surface area contributed by atoms with Gasteiger partial charge in [-0.25, -0.2) is 0 Å². The summed E-state index contributed by atoms with van der Waals surface area (Å²) in [6.07, 6.45) is 1.34. The number of nitrogens with zero attached hydrogens (tertiary/aromatic N) is 2. The minimum absolute atomic E-state index is 0.000379. The molecule has 0 bridgehead atoms. The minimum Gasteiger partial charge on any atom is -0.507 e. The second-order valence-corrected chi connectivity index (χ2v) is 8.71. The van der Waals surface area contributed by atoms with Crippen molar-refractivity contribution in [3.8, 4) is 16.9 Å². The van der Waals surface area contributed by atoms with Gasteiger partial charge in [0.25, 0.3) is 0 Å². The number of piperidine rings is 1. The maximum Gasteiger partial charge on any atom is 0.450 e. The topological polar surface area (TPSA) is 66.6 Å². The van der Waals surface area contributed by atoms with E-state index in [1.807, 2.05) is 12.1 Å². The summed E-state index contributed by atoms with van der Waals surface area (Å²) >= 11 is 0. The maximum absolute atomic E-state index is 14.1. The molecule has 5 nitrogen and oxygen atoms in total. The highest BCUT2D eigenvalue weighted by Gasteiger charge is 2.40. The lowest BCUT2D eigenvalue weighted by molar-refractivity contribution is -0.152. The van der Waals surface area contributed by atoms with Crippen molar-refractivity contribution in [3.05, 3.63) is 94.1 Å². The highest BCUT2D eigenvalue weighted by molar-refractivity contribution is 5.86. The average Bonchev–Trinajstić information content (AvgIpc) is 2.86. The fourth-order valence-corrected chi connectivity index (χ4v) is 4.86. The number of aromatic nitrogens is 1. The van der Waals surface area contributed by atoms with Crippen molar-refractivity contribution < 1.29 is 22.7 Å². The molecule has 1 aliphatic rings. The van der Waals surface area contributed by atoms with Crippen LogP contribution in [-0.2, 0) is 12.7 Å². The number of rotatable bonds is 4. The Hall–Kier alpha value is -3.65. The third-order valence-corrected chi connectivity index (χ3v) is 6.50. The van der Waals surface area contributed by atoms with Crippen LogP contribution in [0.1, 0.15) is 42.2 Å². The van der Waals surface area contributed by atoms with E-state index in [4.69, 9.17) is 4.42 Å². The Kier molecular flexibility index (Phi) is 6.06. The molecule has 1 N–H and O–H groups in total. The Morgan fingerprint density at radius 2 is 1.86 bits per heavy atom. The highest BCUT2D eigenvalue weighted by atomic mass is 19.4. The first-order chi connectivity index (χ1) is 16.8. The summed E-state index contributed by atoms with van der Waals surface area (Å²) in [6.45, 7) is 0.821. The number of phenolic OH excluding ortho intramolecular Hbond substituents is 1. The summed E-state index contributed by atoms with van der Waals surface area (Å²) in [5.41, 5.74) is -0.270. The number of hydrogen-bond donors (Lipinski definition) is 1. The summed E-state index contributed by atoms with van der Waals surface area (Å²) < 4.78 is 47.8. The summed E-state index contributed by atoms with van der Waals surface area (Å²) in [6, 6.07) is 14.1. The van der Waals surface area contributed by atoms with Gasteiger partial charge in [-0.2, -0.15) is 13.2 Å². The number of phenols is 1. The van der Waals surface area contributed by atoms with Crippen LogP contribution in [0, 0.1) is 0 Å². The zero-order chi connectivity index (χ0) is 24.6. The van der Waals surface area contributed by atoms with E-state index in [1.54, 1.807) is 30.6 Å². The number of aromatic hydroxyl groups is 1. The van der Waals surface area contributed by atoms with Gasteiger partial charge in [0.1, 0.15) is 11.3 Å². The van der Waals surface area contributed by atoms with Crippen molar-refractivity contribution in [1.29, 1.82) is 0 Å². The van der Waals surface area contributed by atoms with E-state index >= 15 is 0 Å². The number of likely N-dealkylation sites (tertiary alicyclic amines) is 1. The lowest BCUT2D eigenvalue weighted by Gasteiger charge is -2.36. The highest BCUT2D eigenvalue weighted by Crippen LogP contribution is 2.40. The van der Waals surface area contributed by atoms with Crippen LogP contribution >= 0.6 is 0 Å². The smallest absolute Gasteiger partial charge is 0.450 e. The fraction of sp³-hybridized carbons (Fsp3) is 0.259. The van der Waals surface area contributed by atoms with Gasteiger partial charge >= 0.3 is 6.18 Å². The van der Waals surface area contributed by atoms with Crippen LogP contribution in [0.5, 0.6) is 5.75 Å². The van der Waals surface area contributed by atoms with E-state index in [1.165, 1.54) is 24.3 Å². The molecule has 180 valence electrons. The van der Waals surface area contributed by atoms with Gasteiger partial charge in [0.15, 0.2) is 0 Å². The molecule has 0 saturated carbocycles. The van der Waals surface area contributed by atoms with Gasteiger partial charge in [0.05, 0.1) is 16.5 Å². The van der Waals surface area contributed by atoms with Gasteiger partial charge < -0.3 is 9.52 Å². The normalized spacial score (nSPS) is 17.1. The summed E-state index contributed by atoms with van der Waals surface area (Å²) in [4.78, 5) is 19.7. The predicted molar refractivity (Wildman–Crippen MR) is 126 cm³/mol. The minimum atomic E-state index is -4.90. The predicted octanol–water partition coefficient (Wildman–Crippen LogP) is 6.31. The standard InChI is InChI=1S/C27H23F3N2O3/c28-27(29,30)26-23(17-7-2-1-3-8-17)24(34)19-11-12-22(33)20(25(19)35-26)16-32-14-5-4-10-21(32)18-9-6-13-31-15-18/h1-3,6-9,11-13,15,21,33H,4-5,10,14,16H2/t21-/m0/s1. The second-order valence-electron chi connectivity index (χ2n) is 8.71. The Labute approximate surface area is 199 Å². The summed E-state index contributed by atoms with van der Waals surface area (Å²) in [5.74, 6) is -1.58. The molecule has 35 heavy (non-hydrogen) atoms. The van der Waals surface area contributed by atoms with Crippen LogP contribution in [0.25, 0.3) is 22.1 Å². The van der Waals surface area contributed by atoms with Crippen LogP contribution in [0.2, 0.25) is 0 Å². The molecule has 0 amide bonds. The monoisotopic (exact) mass is 480 g/mol. The molecule has 2 aromatic heterocycles. The number of alkyl halides is 3. The Morgan fingerprint density at radius 1 is 1.06 bits per heavy atom. The molecule has 3 heterocycles. The number of halogens is 3. The summed E-state index contributed by atoms with van der Waals surface area (Å²) in [5, 5.41) is 10.7. The Bertz CT molecular complexity index is 1400. The lowest BCUT2D eigenvalue weighted by atomic mass is 9.95. The van der Waals surface area contributed by atoms with Crippen molar-refractivity contribution in [2.75, 3.05) is 6.54 Å². The molecule has 1 atom stereocenters. The molecule has 2 aromatic carbocycles. The lowest BCUT2D eigenvalue weighted by Crippen LogP contribution is -2.33. The number of fused-ring (bicyclic) bond motifs is 1. The van der Waals surface area contributed by atoms with Crippen LogP contribution in [0.15, 0.2) is 76.2 Å².